The van der Waals surface area contributed by atoms with Gasteiger partial charge in [-0.15, -0.1) is 0 Å². The second-order valence-corrected chi connectivity index (χ2v) is 25.5. The van der Waals surface area contributed by atoms with Crippen LogP contribution in [0.15, 0.2) is 0 Å². The second-order valence-electron chi connectivity index (χ2n) is 5.82. The minimum absolute atomic E-state index is 0.102. The average molecular weight is 289 g/mol. The van der Waals surface area contributed by atoms with Crippen molar-refractivity contribution in [1.29, 1.82) is 0 Å². The van der Waals surface area contributed by atoms with Crippen LogP contribution in [0, 0.1) is 0 Å². The van der Waals surface area contributed by atoms with Gasteiger partial charge in [0.25, 0.3) is 0 Å². The Balaban J connectivity index is 3.44. The molecule has 0 heterocycles. The van der Waals surface area contributed by atoms with Gasteiger partial charge in [-0.3, -0.25) is 0 Å². The van der Waals surface area contributed by atoms with Crippen LogP contribution in [0.5, 0.6) is 0 Å². The third kappa shape index (κ3) is 11.3. The van der Waals surface area contributed by atoms with Gasteiger partial charge in [-0.25, -0.2) is 0 Å². The fraction of sp³-hybridized carbons (Fsp3) is 1.00. The first-order valence-electron chi connectivity index (χ1n) is 4.52. The van der Waals surface area contributed by atoms with Crippen LogP contribution in [0.4, 0.5) is 0 Å². The van der Waals surface area contributed by atoms with E-state index in [1.54, 1.807) is 7.60 Å². The standard InChI is InChI=1S/2C4H11Si.In/c2*1-5(2,3)4;/h2*1H2,2-4H3;. The Morgan fingerprint density at radius 1 is 0.727 bits per heavy atom. The molecular weight excluding hydrogens is 267 g/mol. The summed E-state index contributed by atoms with van der Waals surface area (Å²) in [4.78, 5) is 0. The summed E-state index contributed by atoms with van der Waals surface area (Å²) in [5.41, 5.74) is 0. The fourth-order valence-electron chi connectivity index (χ4n) is 0.938. The van der Waals surface area contributed by atoms with Crippen LogP contribution >= 0.6 is 0 Å². The molecule has 0 unspecified atom stereocenters. The summed E-state index contributed by atoms with van der Waals surface area (Å²) in [5.74, 6) is 0. The van der Waals surface area contributed by atoms with Crippen LogP contribution in [0.25, 0.3) is 0 Å². The summed E-state index contributed by atoms with van der Waals surface area (Å²) in [6, 6.07) is 0. The van der Waals surface area contributed by atoms with Crippen LogP contribution in [0.1, 0.15) is 0 Å². The molecule has 0 N–H and O–H groups in total. The first kappa shape index (κ1) is 12.3. The zero-order valence-corrected chi connectivity index (χ0v) is 14.3. The Bertz CT molecular complexity index is 96.2. The van der Waals surface area contributed by atoms with Gasteiger partial charge in [0, 0.05) is 0 Å². The quantitative estimate of drug-likeness (QED) is 0.697. The van der Waals surface area contributed by atoms with Gasteiger partial charge in [0.2, 0.25) is 0 Å². The van der Waals surface area contributed by atoms with E-state index in [9.17, 15) is 0 Å². The maximum absolute atomic E-state index is 2.52. The fourth-order valence-corrected chi connectivity index (χ4v) is 21.8. The number of rotatable bonds is 4. The molecule has 0 nitrogen and oxygen atoms in total. The molecule has 0 atom stereocenters. The summed E-state index contributed by atoms with van der Waals surface area (Å²) in [6.07, 6.45) is 0. The van der Waals surface area contributed by atoms with E-state index in [4.69, 9.17) is 0 Å². The zero-order chi connectivity index (χ0) is 9.12. The Morgan fingerprint density at radius 2 is 1.00 bits per heavy atom. The van der Waals surface area contributed by atoms with Crippen molar-refractivity contribution in [1.82, 2.24) is 0 Å². The topological polar surface area (TPSA) is 0 Å². The van der Waals surface area contributed by atoms with E-state index in [0.29, 0.717) is 0 Å². The summed E-state index contributed by atoms with van der Waals surface area (Å²) >= 11 is -0.102. The molecule has 0 bridgehead atoms. The minimum atomic E-state index is -0.650. The van der Waals surface area contributed by atoms with Gasteiger partial charge in [0.05, 0.1) is 0 Å². The van der Waals surface area contributed by atoms with Crippen LogP contribution in [0.3, 0.4) is 0 Å². The Labute approximate surface area is 85.5 Å². The van der Waals surface area contributed by atoms with Gasteiger partial charge < -0.3 is 0 Å². The van der Waals surface area contributed by atoms with Gasteiger partial charge in [0.15, 0.2) is 0 Å². The van der Waals surface area contributed by atoms with E-state index in [0.717, 1.165) is 0 Å². The third-order valence-electron chi connectivity index (χ3n) is 1.51. The Hall–Kier alpha value is 1.30. The molecule has 0 aliphatic heterocycles. The number of hydrogen-bond donors (Lipinski definition) is 0. The molecule has 0 rings (SSSR count). The van der Waals surface area contributed by atoms with Crippen molar-refractivity contribution in [2.75, 3.05) is 0 Å². The van der Waals surface area contributed by atoms with E-state index < -0.39 is 16.1 Å². The molecule has 0 aliphatic rings. The van der Waals surface area contributed by atoms with Gasteiger partial charge in [-0.1, -0.05) is 0 Å². The predicted molar refractivity (Wildman–Crippen MR) is 62.1 cm³/mol. The van der Waals surface area contributed by atoms with E-state index in [1.165, 1.54) is 0 Å². The molecule has 0 aromatic rings. The molecule has 1 radical (unpaired) electrons. The molecule has 0 aliphatic carbocycles. The Kier molecular flexibility index (Phi) is 5.05. The first-order chi connectivity index (χ1) is 4.71. The zero-order valence-electron chi connectivity index (χ0n) is 8.99. The van der Waals surface area contributed by atoms with Crippen LogP contribution in [-0.2, 0) is 0 Å². The molecule has 0 saturated carbocycles. The second kappa shape index (κ2) is 4.51. The first-order valence-corrected chi connectivity index (χ1v) is 16.6. The monoisotopic (exact) mass is 289 g/mol. The van der Waals surface area contributed by atoms with Crippen LogP contribution in [0.2, 0.25) is 46.9 Å². The summed E-state index contributed by atoms with van der Waals surface area (Å²) in [5, 5.41) is 0. The SMILES string of the molecule is C[Si](C)(C)[CH2][In][CH2][Si](C)(C)C. The van der Waals surface area contributed by atoms with Crippen molar-refractivity contribution >= 4 is 39.1 Å². The summed E-state index contributed by atoms with van der Waals surface area (Å²) < 4.78 is 3.43. The normalized spacial score (nSPS) is 13.3. The molecule has 65 valence electrons. The van der Waals surface area contributed by atoms with Gasteiger partial charge in [-0.05, 0) is 0 Å². The molecule has 11 heavy (non-hydrogen) atoms. The molecule has 0 spiro atoms. The third-order valence-corrected chi connectivity index (χ3v) is 30.5. The van der Waals surface area contributed by atoms with Crippen molar-refractivity contribution in [2.45, 2.75) is 46.9 Å². The molecule has 3 heteroatoms. The van der Waals surface area contributed by atoms with Crippen LogP contribution in [-0.4, -0.2) is 39.1 Å². The molecule has 0 fully saturated rings. The molecular formula is C8H22InSi2. The van der Waals surface area contributed by atoms with Gasteiger partial charge >= 0.3 is 85.9 Å². The number of hydrogen-bond acceptors (Lipinski definition) is 0. The van der Waals surface area contributed by atoms with Crippen LogP contribution < -0.4 is 0 Å². The van der Waals surface area contributed by atoms with Gasteiger partial charge in [0.1, 0.15) is 0 Å². The van der Waals surface area contributed by atoms with E-state index in [2.05, 4.69) is 39.3 Å². The Morgan fingerprint density at radius 3 is 1.18 bits per heavy atom. The molecule has 0 aromatic heterocycles. The summed E-state index contributed by atoms with van der Waals surface area (Å²) in [7, 11) is -1.30. The molecule has 0 aromatic carbocycles. The average Bonchev–Trinajstić information content (AvgIpc) is 1.55. The molecule has 0 amide bonds. The van der Waals surface area contributed by atoms with Crippen molar-refractivity contribution in [3.8, 4) is 0 Å². The molecule has 0 saturated heterocycles. The van der Waals surface area contributed by atoms with Crippen molar-refractivity contribution in [3.63, 3.8) is 0 Å². The van der Waals surface area contributed by atoms with Crippen molar-refractivity contribution in [2.24, 2.45) is 0 Å². The van der Waals surface area contributed by atoms with E-state index in [1.807, 2.05) is 0 Å². The summed E-state index contributed by atoms with van der Waals surface area (Å²) in [6.45, 7) is 15.1. The van der Waals surface area contributed by atoms with E-state index >= 15 is 0 Å². The van der Waals surface area contributed by atoms with Crippen molar-refractivity contribution < 1.29 is 0 Å². The van der Waals surface area contributed by atoms with Crippen molar-refractivity contribution in [3.05, 3.63) is 0 Å². The maximum atomic E-state index is 2.52. The van der Waals surface area contributed by atoms with Gasteiger partial charge in [-0.2, -0.15) is 0 Å². The van der Waals surface area contributed by atoms with E-state index in [-0.39, 0.29) is 22.9 Å². The predicted octanol–water partition coefficient (Wildman–Crippen LogP) is 3.28.